The third-order valence-corrected chi connectivity index (χ3v) is 4.77. The first kappa shape index (κ1) is 16.5. The monoisotopic (exact) mass is 337 g/mol. The lowest BCUT2D eigenvalue weighted by Gasteiger charge is -2.12. The molecule has 0 aliphatic carbocycles. The number of sulfone groups is 1. The van der Waals surface area contributed by atoms with E-state index in [0.29, 0.717) is 5.69 Å². The molecule has 0 radical (unpaired) electrons. The molecule has 0 unspecified atom stereocenters. The lowest BCUT2D eigenvalue weighted by Crippen LogP contribution is -2.15. The van der Waals surface area contributed by atoms with E-state index in [-0.39, 0.29) is 15.5 Å². The lowest BCUT2D eigenvalue weighted by molar-refractivity contribution is 0.102. The summed E-state index contributed by atoms with van der Waals surface area (Å²) < 4.78 is 23.2. The fraction of sp³-hybridized carbons (Fsp3) is 0.188. The fourth-order valence-corrected chi connectivity index (χ4v) is 2.95. The second kappa shape index (κ2) is 6.10. The molecule has 0 atom stereocenters. The highest BCUT2D eigenvalue weighted by Gasteiger charge is 2.16. The number of amides is 1. The highest BCUT2D eigenvalue weighted by atomic mass is 35.5. The minimum Gasteiger partial charge on any atom is -0.321 e. The predicted octanol–water partition coefficient (Wildman–Crippen LogP) is 3.61. The molecule has 2 aromatic rings. The molecule has 116 valence electrons. The van der Waals surface area contributed by atoms with Crippen molar-refractivity contribution in [2.24, 2.45) is 0 Å². The molecule has 0 fully saturated rings. The average molecular weight is 338 g/mol. The molecule has 1 amide bonds. The summed E-state index contributed by atoms with van der Waals surface area (Å²) in [5, 5.41) is 3.00. The van der Waals surface area contributed by atoms with Crippen molar-refractivity contribution in [2.45, 2.75) is 18.7 Å². The van der Waals surface area contributed by atoms with Crippen LogP contribution in [0.1, 0.15) is 21.5 Å². The summed E-state index contributed by atoms with van der Waals surface area (Å²) in [5.41, 5.74) is 2.67. The molecule has 0 aromatic heterocycles. The van der Waals surface area contributed by atoms with Crippen LogP contribution in [0.15, 0.2) is 41.3 Å². The molecule has 0 saturated heterocycles. The number of aryl methyl sites for hydroxylation is 2. The molecule has 0 heterocycles. The smallest absolute Gasteiger partial charge is 0.257 e. The Morgan fingerprint density at radius 3 is 2.23 bits per heavy atom. The first-order chi connectivity index (χ1) is 10.2. The van der Waals surface area contributed by atoms with E-state index in [0.717, 1.165) is 17.4 Å². The van der Waals surface area contributed by atoms with Gasteiger partial charge in [0, 0.05) is 11.9 Å². The van der Waals surface area contributed by atoms with Gasteiger partial charge in [0.05, 0.1) is 15.5 Å². The van der Waals surface area contributed by atoms with Gasteiger partial charge in [0.2, 0.25) is 0 Å². The molecule has 0 saturated carbocycles. The minimum absolute atomic E-state index is 0.0588. The lowest BCUT2D eigenvalue weighted by atomic mass is 10.1. The minimum atomic E-state index is -3.40. The quantitative estimate of drug-likeness (QED) is 0.930. The van der Waals surface area contributed by atoms with E-state index in [9.17, 15) is 13.2 Å². The summed E-state index contributed by atoms with van der Waals surface area (Å²) in [7, 11) is -3.40. The maximum atomic E-state index is 12.4. The van der Waals surface area contributed by atoms with Crippen LogP contribution < -0.4 is 5.32 Å². The molecular formula is C16H16ClNO3S. The van der Waals surface area contributed by atoms with Crippen LogP contribution >= 0.6 is 11.6 Å². The summed E-state index contributed by atoms with van der Waals surface area (Å²) in [6.45, 7) is 3.77. The Hall–Kier alpha value is -1.85. The zero-order valence-corrected chi connectivity index (χ0v) is 14.0. The molecule has 0 aliphatic rings. The van der Waals surface area contributed by atoms with Crippen LogP contribution in [0.3, 0.4) is 0 Å². The van der Waals surface area contributed by atoms with Gasteiger partial charge in [0.1, 0.15) is 0 Å². The highest BCUT2D eigenvalue weighted by Crippen LogP contribution is 2.24. The summed E-state index contributed by atoms with van der Waals surface area (Å²) >= 11 is 6.03. The largest absolute Gasteiger partial charge is 0.321 e. The van der Waals surface area contributed by atoms with Crippen LogP contribution in [-0.2, 0) is 9.84 Å². The average Bonchev–Trinajstić information content (AvgIpc) is 2.42. The number of para-hydroxylation sites is 1. The van der Waals surface area contributed by atoms with Gasteiger partial charge in [-0.1, -0.05) is 29.8 Å². The van der Waals surface area contributed by atoms with E-state index < -0.39 is 15.7 Å². The van der Waals surface area contributed by atoms with Crippen molar-refractivity contribution in [2.75, 3.05) is 11.6 Å². The first-order valence-electron chi connectivity index (χ1n) is 6.57. The normalized spacial score (nSPS) is 11.3. The van der Waals surface area contributed by atoms with Gasteiger partial charge >= 0.3 is 0 Å². The summed E-state index contributed by atoms with van der Waals surface area (Å²) in [4.78, 5) is 12.5. The second-order valence-electron chi connectivity index (χ2n) is 5.13. The zero-order valence-electron chi connectivity index (χ0n) is 12.5. The third kappa shape index (κ3) is 3.48. The fourth-order valence-electron chi connectivity index (χ4n) is 2.10. The van der Waals surface area contributed by atoms with E-state index in [2.05, 4.69) is 5.32 Å². The molecule has 6 heteroatoms. The van der Waals surface area contributed by atoms with Crippen molar-refractivity contribution >= 4 is 33.0 Å². The molecule has 0 bridgehead atoms. The van der Waals surface area contributed by atoms with E-state index in [1.165, 1.54) is 18.2 Å². The number of hydrogen-bond donors (Lipinski definition) is 1. The zero-order chi connectivity index (χ0) is 16.5. The van der Waals surface area contributed by atoms with Crippen LogP contribution in [-0.4, -0.2) is 20.6 Å². The highest BCUT2D eigenvalue weighted by molar-refractivity contribution is 7.90. The van der Waals surface area contributed by atoms with Gasteiger partial charge in [-0.2, -0.15) is 0 Å². The van der Waals surface area contributed by atoms with Gasteiger partial charge in [-0.15, -0.1) is 0 Å². The van der Waals surface area contributed by atoms with Crippen molar-refractivity contribution < 1.29 is 13.2 Å². The maximum absolute atomic E-state index is 12.4. The Labute approximate surface area is 135 Å². The SMILES string of the molecule is Cc1cccc(C)c1NC(=O)c1cc(S(C)(=O)=O)ccc1Cl. The van der Waals surface area contributed by atoms with Crippen LogP contribution in [0.25, 0.3) is 0 Å². The number of nitrogens with one attached hydrogen (secondary N) is 1. The van der Waals surface area contributed by atoms with Crippen molar-refractivity contribution in [1.29, 1.82) is 0 Å². The molecule has 2 aromatic carbocycles. The van der Waals surface area contributed by atoms with Gasteiger partial charge in [-0.05, 0) is 43.2 Å². The molecule has 2 rings (SSSR count). The van der Waals surface area contributed by atoms with Gasteiger partial charge in [0.25, 0.3) is 5.91 Å². The Morgan fingerprint density at radius 2 is 1.68 bits per heavy atom. The summed E-state index contributed by atoms with van der Waals surface area (Å²) in [5.74, 6) is -0.437. The second-order valence-corrected chi connectivity index (χ2v) is 7.56. The number of rotatable bonds is 3. The summed E-state index contributed by atoms with van der Waals surface area (Å²) in [6.07, 6.45) is 1.09. The number of hydrogen-bond acceptors (Lipinski definition) is 3. The predicted molar refractivity (Wildman–Crippen MR) is 88.4 cm³/mol. The number of anilines is 1. The molecule has 22 heavy (non-hydrogen) atoms. The van der Waals surface area contributed by atoms with Crippen molar-refractivity contribution in [1.82, 2.24) is 0 Å². The Morgan fingerprint density at radius 1 is 1.09 bits per heavy atom. The van der Waals surface area contributed by atoms with Crippen molar-refractivity contribution in [3.63, 3.8) is 0 Å². The topological polar surface area (TPSA) is 63.2 Å². The van der Waals surface area contributed by atoms with E-state index in [4.69, 9.17) is 11.6 Å². The van der Waals surface area contributed by atoms with Gasteiger partial charge in [0.15, 0.2) is 9.84 Å². The molecular weight excluding hydrogens is 322 g/mol. The Bertz CT molecular complexity index is 824. The van der Waals surface area contributed by atoms with Gasteiger partial charge in [-0.3, -0.25) is 4.79 Å². The third-order valence-electron chi connectivity index (χ3n) is 3.33. The Kier molecular flexibility index (Phi) is 4.58. The van der Waals surface area contributed by atoms with Crippen molar-refractivity contribution in [3.05, 3.63) is 58.1 Å². The molecule has 0 spiro atoms. The number of carbonyl (C=O) groups is 1. The summed E-state index contributed by atoms with van der Waals surface area (Å²) in [6, 6.07) is 9.76. The maximum Gasteiger partial charge on any atom is 0.257 e. The molecule has 4 nitrogen and oxygen atoms in total. The van der Waals surface area contributed by atoms with Gasteiger partial charge in [-0.25, -0.2) is 8.42 Å². The number of benzene rings is 2. The Balaban J connectivity index is 2.42. The van der Waals surface area contributed by atoms with Crippen LogP contribution in [0, 0.1) is 13.8 Å². The number of carbonyl (C=O) groups excluding carboxylic acids is 1. The van der Waals surface area contributed by atoms with Crippen LogP contribution in [0.5, 0.6) is 0 Å². The molecule has 0 aliphatic heterocycles. The van der Waals surface area contributed by atoms with Gasteiger partial charge < -0.3 is 5.32 Å². The molecule has 1 N–H and O–H groups in total. The number of halogens is 1. The first-order valence-corrected chi connectivity index (χ1v) is 8.84. The van der Waals surface area contributed by atoms with Crippen LogP contribution in [0.2, 0.25) is 5.02 Å². The van der Waals surface area contributed by atoms with Crippen LogP contribution in [0.4, 0.5) is 5.69 Å². The van der Waals surface area contributed by atoms with E-state index in [1.807, 2.05) is 32.0 Å². The van der Waals surface area contributed by atoms with E-state index in [1.54, 1.807) is 0 Å². The van der Waals surface area contributed by atoms with E-state index >= 15 is 0 Å². The standard InChI is InChI=1S/C16H16ClNO3S/c1-10-5-4-6-11(2)15(10)18-16(19)13-9-12(22(3,20)21)7-8-14(13)17/h4-9H,1-3H3,(H,18,19). The van der Waals surface area contributed by atoms with Crippen molar-refractivity contribution in [3.8, 4) is 0 Å².